The Labute approximate surface area is 110 Å². The van der Waals surface area contributed by atoms with E-state index in [1.807, 2.05) is 5.38 Å². The lowest BCUT2D eigenvalue weighted by Crippen LogP contribution is -2.50. The molecule has 0 aromatic carbocycles. The van der Waals surface area contributed by atoms with E-state index in [1.54, 1.807) is 12.1 Å². The standard InChI is InChI=1S/C12H17N3O2S/c16-11(10-7-4-8-18-10)14-15-12(17)13-9-5-2-1-3-6-9/h4,7-9H,1-3,5-6H2,(H,14,16)(H2,13,15,17). The van der Waals surface area contributed by atoms with Gasteiger partial charge in [0.05, 0.1) is 4.88 Å². The first kappa shape index (κ1) is 12.9. The Morgan fingerprint density at radius 3 is 2.61 bits per heavy atom. The van der Waals surface area contributed by atoms with E-state index in [-0.39, 0.29) is 18.0 Å². The molecule has 6 heteroatoms. The van der Waals surface area contributed by atoms with E-state index >= 15 is 0 Å². The molecule has 1 aromatic rings. The summed E-state index contributed by atoms with van der Waals surface area (Å²) in [6.07, 6.45) is 5.60. The highest BCUT2D eigenvalue weighted by Crippen LogP contribution is 2.17. The van der Waals surface area contributed by atoms with Gasteiger partial charge in [0.2, 0.25) is 0 Å². The zero-order valence-corrected chi connectivity index (χ0v) is 10.9. The highest BCUT2D eigenvalue weighted by atomic mass is 32.1. The monoisotopic (exact) mass is 267 g/mol. The summed E-state index contributed by atoms with van der Waals surface area (Å²) in [5.41, 5.74) is 4.76. The van der Waals surface area contributed by atoms with Crippen molar-refractivity contribution in [2.45, 2.75) is 38.1 Å². The van der Waals surface area contributed by atoms with Crippen LogP contribution in [0.5, 0.6) is 0 Å². The average molecular weight is 267 g/mol. The highest BCUT2D eigenvalue weighted by Gasteiger charge is 2.15. The summed E-state index contributed by atoms with van der Waals surface area (Å²) in [6, 6.07) is 3.40. The minimum Gasteiger partial charge on any atom is -0.334 e. The van der Waals surface area contributed by atoms with Crippen LogP contribution in [0.4, 0.5) is 4.79 Å². The van der Waals surface area contributed by atoms with E-state index in [0.29, 0.717) is 4.88 Å². The van der Waals surface area contributed by atoms with Crippen LogP contribution in [0.25, 0.3) is 0 Å². The molecule has 1 aliphatic rings. The molecule has 1 heterocycles. The molecule has 0 unspecified atom stereocenters. The third kappa shape index (κ3) is 3.73. The zero-order valence-electron chi connectivity index (χ0n) is 10.1. The van der Waals surface area contributed by atoms with Crippen molar-refractivity contribution in [1.82, 2.24) is 16.2 Å². The quantitative estimate of drug-likeness (QED) is 0.717. The first-order valence-electron chi connectivity index (χ1n) is 6.16. The van der Waals surface area contributed by atoms with Crippen molar-refractivity contribution in [2.24, 2.45) is 0 Å². The van der Waals surface area contributed by atoms with Crippen LogP contribution in [0.15, 0.2) is 17.5 Å². The largest absolute Gasteiger partial charge is 0.334 e. The number of carbonyl (C=O) groups excluding carboxylic acids is 2. The fraction of sp³-hybridized carbons (Fsp3) is 0.500. The lowest BCUT2D eigenvalue weighted by molar-refractivity contribution is 0.0939. The van der Waals surface area contributed by atoms with E-state index in [2.05, 4.69) is 16.2 Å². The lowest BCUT2D eigenvalue weighted by atomic mass is 9.96. The second-order valence-electron chi connectivity index (χ2n) is 4.36. The van der Waals surface area contributed by atoms with Gasteiger partial charge in [0.1, 0.15) is 0 Å². The minimum atomic E-state index is -0.341. The van der Waals surface area contributed by atoms with Crippen molar-refractivity contribution in [3.05, 3.63) is 22.4 Å². The van der Waals surface area contributed by atoms with Gasteiger partial charge in [-0.2, -0.15) is 0 Å². The van der Waals surface area contributed by atoms with Gasteiger partial charge in [0.15, 0.2) is 0 Å². The van der Waals surface area contributed by atoms with Gasteiger partial charge in [0, 0.05) is 6.04 Å². The molecule has 3 N–H and O–H groups in total. The average Bonchev–Trinajstić information content (AvgIpc) is 2.91. The van der Waals surface area contributed by atoms with Crippen LogP contribution in [0.1, 0.15) is 41.8 Å². The van der Waals surface area contributed by atoms with Gasteiger partial charge in [-0.15, -0.1) is 11.3 Å². The number of amides is 3. The summed E-state index contributed by atoms with van der Waals surface area (Å²) in [5.74, 6) is -0.288. The minimum absolute atomic E-state index is 0.234. The van der Waals surface area contributed by atoms with Gasteiger partial charge in [0.25, 0.3) is 5.91 Å². The van der Waals surface area contributed by atoms with Crippen molar-refractivity contribution in [2.75, 3.05) is 0 Å². The molecule has 1 aromatic heterocycles. The van der Waals surface area contributed by atoms with Crippen molar-refractivity contribution in [3.8, 4) is 0 Å². The predicted molar refractivity (Wildman–Crippen MR) is 70.3 cm³/mol. The third-order valence-corrected chi connectivity index (χ3v) is 3.84. The molecule has 1 fully saturated rings. The number of hydrazine groups is 1. The van der Waals surface area contributed by atoms with Crippen LogP contribution in [0, 0.1) is 0 Å². The highest BCUT2D eigenvalue weighted by molar-refractivity contribution is 7.12. The van der Waals surface area contributed by atoms with E-state index < -0.39 is 0 Å². The number of thiophene rings is 1. The van der Waals surface area contributed by atoms with E-state index in [1.165, 1.54) is 17.8 Å². The van der Waals surface area contributed by atoms with E-state index in [4.69, 9.17) is 0 Å². The molecule has 0 radical (unpaired) electrons. The van der Waals surface area contributed by atoms with Gasteiger partial charge in [-0.1, -0.05) is 25.3 Å². The summed E-state index contributed by atoms with van der Waals surface area (Å²) < 4.78 is 0. The molecule has 18 heavy (non-hydrogen) atoms. The SMILES string of the molecule is O=C(NNC(=O)c1cccs1)NC1CCCCC1. The molecule has 5 nitrogen and oxygen atoms in total. The molecule has 2 rings (SSSR count). The van der Waals surface area contributed by atoms with Gasteiger partial charge < -0.3 is 5.32 Å². The number of hydrogen-bond acceptors (Lipinski definition) is 3. The van der Waals surface area contributed by atoms with Gasteiger partial charge in [-0.25, -0.2) is 10.2 Å². The molecular formula is C12H17N3O2S. The third-order valence-electron chi connectivity index (χ3n) is 2.97. The van der Waals surface area contributed by atoms with Crippen molar-refractivity contribution in [1.29, 1.82) is 0 Å². The first-order valence-corrected chi connectivity index (χ1v) is 7.04. The molecule has 98 valence electrons. The maximum absolute atomic E-state index is 11.6. The molecule has 0 saturated heterocycles. The van der Waals surface area contributed by atoms with Crippen molar-refractivity contribution in [3.63, 3.8) is 0 Å². The van der Waals surface area contributed by atoms with E-state index in [0.717, 1.165) is 25.7 Å². The Morgan fingerprint density at radius 1 is 1.17 bits per heavy atom. The van der Waals surface area contributed by atoms with Crippen LogP contribution in [-0.4, -0.2) is 18.0 Å². The molecule has 0 atom stereocenters. The van der Waals surface area contributed by atoms with Crippen LogP contribution >= 0.6 is 11.3 Å². The van der Waals surface area contributed by atoms with E-state index in [9.17, 15) is 9.59 Å². The predicted octanol–water partition coefficient (Wildman–Crippen LogP) is 2.02. The van der Waals surface area contributed by atoms with Gasteiger partial charge in [-0.05, 0) is 24.3 Å². The molecule has 0 aliphatic heterocycles. The summed E-state index contributed by atoms with van der Waals surface area (Å²) in [5, 5.41) is 4.67. The number of nitrogens with one attached hydrogen (secondary N) is 3. The molecule has 1 aliphatic carbocycles. The fourth-order valence-electron chi connectivity index (χ4n) is 2.05. The Balaban J connectivity index is 1.69. The smallest absolute Gasteiger partial charge is 0.333 e. The maximum atomic E-state index is 11.6. The number of carbonyl (C=O) groups is 2. The Hall–Kier alpha value is -1.56. The number of hydrogen-bond donors (Lipinski definition) is 3. The van der Waals surface area contributed by atoms with Gasteiger partial charge in [-0.3, -0.25) is 10.2 Å². The Kier molecular flexibility index (Phi) is 4.58. The summed E-state index contributed by atoms with van der Waals surface area (Å²) in [6.45, 7) is 0. The topological polar surface area (TPSA) is 70.2 Å². The molecular weight excluding hydrogens is 250 g/mol. The zero-order chi connectivity index (χ0) is 12.8. The normalized spacial score (nSPS) is 16.0. The molecule has 0 spiro atoms. The van der Waals surface area contributed by atoms with Crippen LogP contribution < -0.4 is 16.2 Å². The molecule has 1 saturated carbocycles. The summed E-state index contributed by atoms with van der Waals surface area (Å²) in [7, 11) is 0. The van der Waals surface area contributed by atoms with Crippen LogP contribution in [0.3, 0.4) is 0 Å². The van der Waals surface area contributed by atoms with Gasteiger partial charge >= 0.3 is 6.03 Å². The van der Waals surface area contributed by atoms with Crippen LogP contribution in [0.2, 0.25) is 0 Å². The number of rotatable bonds is 2. The first-order chi connectivity index (χ1) is 8.75. The lowest BCUT2D eigenvalue weighted by Gasteiger charge is -2.22. The maximum Gasteiger partial charge on any atom is 0.333 e. The Bertz CT molecular complexity index is 399. The Morgan fingerprint density at radius 2 is 1.94 bits per heavy atom. The number of urea groups is 1. The second kappa shape index (κ2) is 6.39. The molecule has 3 amide bonds. The molecule has 0 bridgehead atoms. The second-order valence-corrected chi connectivity index (χ2v) is 5.31. The van der Waals surface area contributed by atoms with Crippen molar-refractivity contribution >= 4 is 23.3 Å². The fourth-order valence-corrected chi connectivity index (χ4v) is 2.67. The summed E-state index contributed by atoms with van der Waals surface area (Å²) >= 11 is 1.33. The van der Waals surface area contributed by atoms with Crippen LogP contribution in [-0.2, 0) is 0 Å². The summed E-state index contributed by atoms with van der Waals surface area (Å²) in [4.78, 5) is 23.7. The van der Waals surface area contributed by atoms with Crippen molar-refractivity contribution < 1.29 is 9.59 Å².